The van der Waals surface area contributed by atoms with Crippen LogP contribution in [-0.2, 0) is 6.54 Å². The molecule has 1 atom stereocenters. The molecule has 0 saturated heterocycles. The van der Waals surface area contributed by atoms with E-state index in [1.165, 1.54) is 19.2 Å². The largest absolute Gasteiger partial charge is 0.496 e. The third kappa shape index (κ3) is 3.36. The van der Waals surface area contributed by atoms with Crippen molar-refractivity contribution < 1.29 is 14.1 Å². The minimum absolute atomic E-state index is 0.0202. The molecule has 2 rings (SSSR count). The summed E-state index contributed by atoms with van der Waals surface area (Å²) in [6.07, 6.45) is 1.61. The molecular formula is C14H16N2O4. The van der Waals surface area contributed by atoms with E-state index in [0.717, 1.165) is 11.3 Å². The van der Waals surface area contributed by atoms with E-state index in [4.69, 9.17) is 9.15 Å². The van der Waals surface area contributed by atoms with Gasteiger partial charge < -0.3 is 14.5 Å². The van der Waals surface area contributed by atoms with Crippen molar-refractivity contribution in [3.8, 4) is 5.75 Å². The van der Waals surface area contributed by atoms with Gasteiger partial charge >= 0.3 is 0 Å². The number of benzene rings is 1. The summed E-state index contributed by atoms with van der Waals surface area (Å²) in [5.41, 5.74) is 0.807. The summed E-state index contributed by atoms with van der Waals surface area (Å²) < 4.78 is 10.4. The number of nitro benzene ring substituents is 1. The fraction of sp³-hybridized carbons (Fsp3) is 0.286. The van der Waals surface area contributed by atoms with E-state index < -0.39 is 4.92 Å². The molecule has 0 fully saturated rings. The first-order chi connectivity index (χ1) is 9.60. The summed E-state index contributed by atoms with van der Waals surface area (Å²) in [6.45, 7) is 2.45. The molecule has 1 aromatic heterocycles. The first-order valence-electron chi connectivity index (χ1n) is 6.19. The van der Waals surface area contributed by atoms with E-state index >= 15 is 0 Å². The molecule has 0 radical (unpaired) electrons. The molecule has 6 nitrogen and oxygen atoms in total. The molecule has 6 heteroatoms. The van der Waals surface area contributed by atoms with E-state index in [-0.39, 0.29) is 11.7 Å². The lowest BCUT2D eigenvalue weighted by atomic mass is 10.1. The maximum atomic E-state index is 10.9. The quantitative estimate of drug-likeness (QED) is 0.648. The van der Waals surface area contributed by atoms with E-state index in [9.17, 15) is 10.1 Å². The van der Waals surface area contributed by atoms with E-state index in [1.807, 2.05) is 19.1 Å². The van der Waals surface area contributed by atoms with Gasteiger partial charge in [0, 0.05) is 12.6 Å². The molecule has 0 aliphatic heterocycles. The van der Waals surface area contributed by atoms with Crippen LogP contribution in [0.1, 0.15) is 24.3 Å². The van der Waals surface area contributed by atoms with Crippen LogP contribution in [-0.4, -0.2) is 12.0 Å². The summed E-state index contributed by atoms with van der Waals surface area (Å²) >= 11 is 0. The third-order valence-corrected chi connectivity index (χ3v) is 2.98. The van der Waals surface area contributed by atoms with Gasteiger partial charge in [-0.15, -0.1) is 0 Å². The van der Waals surface area contributed by atoms with Crippen LogP contribution in [0.3, 0.4) is 0 Å². The first-order valence-corrected chi connectivity index (χ1v) is 6.19. The van der Waals surface area contributed by atoms with Crippen LogP contribution in [0.15, 0.2) is 41.0 Å². The van der Waals surface area contributed by atoms with Crippen LogP contribution in [0, 0.1) is 10.1 Å². The maximum Gasteiger partial charge on any atom is 0.273 e. The lowest BCUT2D eigenvalue weighted by molar-refractivity contribution is -0.385. The van der Waals surface area contributed by atoms with Gasteiger partial charge in [0.15, 0.2) is 0 Å². The number of ether oxygens (including phenoxy) is 1. The van der Waals surface area contributed by atoms with Gasteiger partial charge in [-0.2, -0.15) is 0 Å². The van der Waals surface area contributed by atoms with Gasteiger partial charge in [0.1, 0.15) is 11.5 Å². The molecule has 0 spiro atoms. The first kappa shape index (κ1) is 14.1. The van der Waals surface area contributed by atoms with E-state index in [1.54, 1.807) is 12.3 Å². The van der Waals surface area contributed by atoms with Gasteiger partial charge in [0.25, 0.3) is 5.69 Å². The highest BCUT2D eigenvalue weighted by Crippen LogP contribution is 2.23. The fourth-order valence-electron chi connectivity index (χ4n) is 1.88. The number of non-ortho nitro benzene ring substituents is 1. The third-order valence-electron chi connectivity index (χ3n) is 2.98. The summed E-state index contributed by atoms with van der Waals surface area (Å²) in [5.74, 6) is 1.30. The summed E-state index contributed by atoms with van der Waals surface area (Å²) in [7, 11) is 1.49. The Morgan fingerprint density at radius 3 is 2.85 bits per heavy atom. The highest BCUT2D eigenvalue weighted by molar-refractivity contribution is 5.42. The van der Waals surface area contributed by atoms with Crippen LogP contribution in [0.5, 0.6) is 5.75 Å². The Kier molecular flexibility index (Phi) is 4.37. The Bertz CT molecular complexity index is 581. The van der Waals surface area contributed by atoms with Crippen LogP contribution in [0.2, 0.25) is 0 Å². The molecule has 0 aliphatic rings. The number of hydrogen-bond acceptors (Lipinski definition) is 5. The summed E-state index contributed by atoms with van der Waals surface area (Å²) in [5, 5.41) is 14.1. The second-order valence-corrected chi connectivity index (χ2v) is 4.41. The Hall–Kier alpha value is -2.34. The molecule has 0 amide bonds. The second-order valence-electron chi connectivity index (χ2n) is 4.41. The molecule has 106 valence electrons. The minimum Gasteiger partial charge on any atom is -0.496 e. The average Bonchev–Trinajstić information content (AvgIpc) is 2.98. The second kappa shape index (κ2) is 6.21. The molecule has 1 heterocycles. The number of nitrogens with zero attached hydrogens (tertiary/aromatic N) is 1. The number of nitrogens with one attached hydrogen (secondary N) is 1. The van der Waals surface area contributed by atoms with E-state index in [2.05, 4.69) is 5.32 Å². The Morgan fingerprint density at radius 2 is 2.25 bits per heavy atom. The van der Waals surface area contributed by atoms with Crippen molar-refractivity contribution in [2.45, 2.75) is 19.5 Å². The van der Waals surface area contributed by atoms with Crippen LogP contribution >= 0.6 is 0 Å². The molecule has 0 saturated carbocycles. The van der Waals surface area contributed by atoms with Gasteiger partial charge in [-0.3, -0.25) is 10.1 Å². The fourth-order valence-corrected chi connectivity index (χ4v) is 1.88. The van der Waals surface area contributed by atoms with Crippen molar-refractivity contribution in [3.05, 3.63) is 58.0 Å². The Morgan fingerprint density at radius 1 is 1.45 bits per heavy atom. The Labute approximate surface area is 116 Å². The molecule has 0 bridgehead atoms. The average molecular weight is 276 g/mol. The van der Waals surface area contributed by atoms with Crippen LogP contribution in [0.4, 0.5) is 5.69 Å². The number of methoxy groups -OCH3 is 1. The zero-order chi connectivity index (χ0) is 14.5. The topological polar surface area (TPSA) is 77.5 Å². The highest BCUT2D eigenvalue weighted by Gasteiger charge is 2.12. The van der Waals surface area contributed by atoms with Crippen LogP contribution in [0.25, 0.3) is 0 Å². The standard InChI is InChI=1S/C14H16N2O4/c1-10(14-4-3-5-20-14)15-9-11-6-12(16(17)18)8-13(7-11)19-2/h3-8,10,15H,9H2,1-2H3. The molecule has 0 aliphatic carbocycles. The van der Waals surface area contributed by atoms with Gasteiger partial charge in [0.2, 0.25) is 0 Å². The van der Waals surface area contributed by atoms with Crippen molar-refractivity contribution in [2.75, 3.05) is 7.11 Å². The summed E-state index contributed by atoms with van der Waals surface area (Å²) in [4.78, 5) is 10.4. The van der Waals surface area contributed by atoms with Gasteiger partial charge in [-0.25, -0.2) is 0 Å². The lowest BCUT2D eigenvalue weighted by Gasteiger charge is -2.12. The highest BCUT2D eigenvalue weighted by atomic mass is 16.6. The molecule has 1 aromatic carbocycles. The van der Waals surface area contributed by atoms with Crippen molar-refractivity contribution in [2.24, 2.45) is 0 Å². The predicted molar refractivity (Wildman–Crippen MR) is 73.6 cm³/mol. The monoisotopic (exact) mass is 276 g/mol. The van der Waals surface area contributed by atoms with Crippen molar-refractivity contribution >= 4 is 5.69 Å². The normalized spacial score (nSPS) is 12.1. The number of hydrogen-bond donors (Lipinski definition) is 1. The zero-order valence-corrected chi connectivity index (χ0v) is 11.3. The number of rotatable bonds is 6. The molecule has 2 aromatic rings. The molecule has 1 unspecified atom stereocenters. The molecule has 1 N–H and O–H groups in total. The molecular weight excluding hydrogens is 260 g/mol. The Balaban J connectivity index is 2.09. The minimum atomic E-state index is -0.429. The van der Waals surface area contributed by atoms with Gasteiger partial charge in [-0.05, 0) is 30.7 Å². The van der Waals surface area contributed by atoms with Crippen molar-refractivity contribution in [1.82, 2.24) is 5.32 Å². The van der Waals surface area contributed by atoms with E-state index in [0.29, 0.717) is 12.3 Å². The van der Waals surface area contributed by atoms with Crippen molar-refractivity contribution in [3.63, 3.8) is 0 Å². The van der Waals surface area contributed by atoms with Crippen LogP contribution < -0.4 is 10.1 Å². The number of furan rings is 1. The maximum absolute atomic E-state index is 10.9. The van der Waals surface area contributed by atoms with Crippen molar-refractivity contribution in [1.29, 1.82) is 0 Å². The lowest BCUT2D eigenvalue weighted by Crippen LogP contribution is -2.17. The molecule has 20 heavy (non-hydrogen) atoms. The zero-order valence-electron chi connectivity index (χ0n) is 11.3. The predicted octanol–water partition coefficient (Wildman–Crippen LogP) is 3.05. The van der Waals surface area contributed by atoms with Gasteiger partial charge in [0.05, 0.1) is 30.4 Å². The summed E-state index contributed by atoms with van der Waals surface area (Å²) in [6, 6.07) is 8.43. The van der Waals surface area contributed by atoms with Gasteiger partial charge in [-0.1, -0.05) is 0 Å². The number of nitro groups is 1. The smallest absolute Gasteiger partial charge is 0.273 e. The SMILES string of the molecule is COc1cc(CNC(C)c2ccco2)cc([N+](=O)[O-])c1.